The Kier molecular flexibility index (Phi) is 5.03. The fourth-order valence-corrected chi connectivity index (χ4v) is 3.74. The molecule has 0 bridgehead atoms. The van der Waals surface area contributed by atoms with Gasteiger partial charge in [0.25, 0.3) is 5.91 Å². The van der Waals surface area contributed by atoms with Crippen molar-refractivity contribution in [2.24, 2.45) is 0 Å². The summed E-state index contributed by atoms with van der Waals surface area (Å²) >= 11 is 1.41. The van der Waals surface area contributed by atoms with Crippen LogP contribution >= 0.6 is 11.3 Å². The summed E-state index contributed by atoms with van der Waals surface area (Å²) in [5, 5.41) is 14.0. The standard InChI is InChI=1S/C20H20N6OS/c1-3-26-14(2)17(11-22-26)18-13-28-20(23-18)24-19(27)16-7-4-6-15(10-16)12-25-9-5-8-21-25/h4-11,13H,3,12H2,1-2H3,(H,23,24,27). The highest BCUT2D eigenvalue weighted by Crippen LogP contribution is 2.27. The van der Waals surface area contributed by atoms with Crippen LogP contribution in [0.25, 0.3) is 11.3 Å². The minimum Gasteiger partial charge on any atom is -0.298 e. The summed E-state index contributed by atoms with van der Waals surface area (Å²) in [6.07, 6.45) is 5.45. The van der Waals surface area contributed by atoms with Gasteiger partial charge in [-0.15, -0.1) is 11.3 Å². The molecule has 1 amide bonds. The van der Waals surface area contributed by atoms with Crippen LogP contribution in [0.15, 0.2) is 54.3 Å². The molecule has 0 unspecified atom stereocenters. The van der Waals surface area contributed by atoms with Crippen LogP contribution in [0, 0.1) is 6.92 Å². The Morgan fingerprint density at radius 2 is 2.14 bits per heavy atom. The normalized spacial score (nSPS) is 10.9. The third-order valence-corrected chi connectivity index (χ3v) is 5.25. The van der Waals surface area contributed by atoms with Gasteiger partial charge in [-0.25, -0.2) is 4.98 Å². The summed E-state index contributed by atoms with van der Waals surface area (Å²) in [7, 11) is 0. The molecule has 0 spiro atoms. The molecule has 1 aromatic carbocycles. The molecule has 0 aliphatic rings. The number of thiazole rings is 1. The molecular formula is C20H20N6OS. The molecule has 28 heavy (non-hydrogen) atoms. The van der Waals surface area contributed by atoms with Gasteiger partial charge in [0.1, 0.15) is 0 Å². The third kappa shape index (κ3) is 3.72. The molecule has 142 valence electrons. The Labute approximate surface area is 166 Å². The zero-order chi connectivity index (χ0) is 19.5. The third-order valence-electron chi connectivity index (χ3n) is 4.50. The van der Waals surface area contributed by atoms with Crippen LogP contribution in [-0.2, 0) is 13.1 Å². The number of rotatable bonds is 6. The van der Waals surface area contributed by atoms with E-state index in [0.717, 1.165) is 29.1 Å². The predicted octanol–water partition coefficient (Wildman–Crippen LogP) is 3.83. The number of benzene rings is 1. The Morgan fingerprint density at radius 3 is 2.89 bits per heavy atom. The van der Waals surface area contributed by atoms with Gasteiger partial charge in [-0.1, -0.05) is 12.1 Å². The summed E-state index contributed by atoms with van der Waals surface area (Å²) in [6, 6.07) is 9.41. The van der Waals surface area contributed by atoms with Gasteiger partial charge in [0.05, 0.1) is 18.4 Å². The number of carbonyl (C=O) groups excluding carboxylic acids is 1. The second kappa shape index (κ2) is 7.77. The van der Waals surface area contributed by atoms with Crippen LogP contribution in [0.4, 0.5) is 5.13 Å². The molecular weight excluding hydrogens is 372 g/mol. The minimum absolute atomic E-state index is 0.177. The van der Waals surface area contributed by atoms with Gasteiger partial charge in [0.2, 0.25) is 0 Å². The van der Waals surface area contributed by atoms with Crippen molar-refractivity contribution >= 4 is 22.4 Å². The number of hydrogen-bond donors (Lipinski definition) is 1. The maximum absolute atomic E-state index is 12.6. The van der Waals surface area contributed by atoms with Crippen molar-refractivity contribution in [1.29, 1.82) is 0 Å². The van der Waals surface area contributed by atoms with E-state index in [1.807, 2.05) is 58.3 Å². The molecule has 0 saturated heterocycles. The average Bonchev–Trinajstić information content (AvgIpc) is 3.43. The van der Waals surface area contributed by atoms with Crippen LogP contribution in [-0.4, -0.2) is 30.5 Å². The lowest BCUT2D eigenvalue weighted by Gasteiger charge is -2.06. The number of hydrogen-bond acceptors (Lipinski definition) is 5. The van der Waals surface area contributed by atoms with Gasteiger partial charge < -0.3 is 0 Å². The van der Waals surface area contributed by atoms with E-state index >= 15 is 0 Å². The first-order valence-corrected chi connectivity index (χ1v) is 9.88. The van der Waals surface area contributed by atoms with Gasteiger partial charge in [0.15, 0.2) is 5.13 Å². The van der Waals surface area contributed by atoms with Crippen LogP contribution in [0.2, 0.25) is 0 Å². The summed E-state index contributed by atoms with van der Waals surface area (Å²) in [6.45, 7) is 5.51. The predicted molar refractivity (Wildman–Crippen MR) is 109 cm³/mol. The van der Waals surface area contributed by atoms with E-state index in [1.54, 1.807) is 12.3 Å². The van der Waals surface area contributed by atoms with Crippen molar-refractivity contribution < 1.29 is 4.79 Å². The molecule has 7 nitrogen and oxygen atoms in total. The molecule has 8 heteroatoms. The number of amides is 1. The first-order chi connectivity index (χ1) is 13.6. The van der Waals surface area contributed by atoms with E-state index in [9.17, 15) is 4.79 Å². The van der Waals surface area contributed by atoms with Crippen LogP contribution in [0.1, 0.15) is 28.5 Å². The fourth-order valence-electron chi connectivity index (χ4n) is 3.03. The minimum atomic E-state index is -0.177. The second-order valence-corrected chi connectivity index (χ2v) is 7.21. The summed E-state index contributed by atoms with van der Waals surface area (Å²) in [4.78, 5) is 17.2. The molecule has 4 aromatic rings. The SMILES string of the molecule is CCn1ncc(-c2csc(NC(=O)c3cccc(Cn4cccn4)c3)n2)c1C. The lowest BCUT2D eigenvalue weighted by atomic mass is 10.1. The smallest absolute Gasteiger partial charge is 0.257 e. The molecule has 0 radical (unpaired) electrons. The van der Waals surface area contributed by atoms with Gasteiger partial charge in [-0.2, -0.15) is 10.2 Å². The van der Waals surface area contributed by atoms with E-state index in [-0.39, 0.29) is 5.91 Å². The van der Waals surface area contributed by atoms with E-state index in [4.69, 9.17) is 0 Å². The zero-order valence-corrected chi connectivity index (χ0v) is 16.5. The van der Waals surface area contributed by atoms with E-state index in [0.29, 0.717) is 17.2 Å². The molecule has 1 N–H and O–H groups in total. The van der Waals surface area contributed by atoms with Gasteiger partial charge in [-0.3, -0.25) is 19.5 Å². The Bertz CT molecular complexity index is 1100. The monoisotopic (exact) mass is 392 g/mol. The quantitative estimate of drug-likeness (QED) is 0.541. The topological polar surface area (TPSA) is 77.6 Å². The number of aryl methyl sites for hydroxylation is 1. The summed E-state index contributed by atoms with van der Waals surface area (Å²) in [5.74, 6) is -0.177. The average molecular weight is 392 g/mol. The zero-order valence-electron chi connectivity index (χ0n) is 15.7. The number of nitrogens with one attached hydrogen (secondary N) is 1. The van der Waals surface area contributed by atoms with Crippen LogP contribution < -0.4 is 5.32 Å². The van der Waals surface area contributed by atoms with Crippen molar-refractivity contribution in [3.8, 4) is 11.3 Å². The summed E-state index contributed by atoms with van der Waals surface area (Å²) in [5.41, 5.74) is 4.48. The molecule has 0 fully saturated rings. The van der Waals surface area contributed by atoms with Crippen molar-refractivity contribution in [3.05, 3.63) is 71.1 Å². The van der Waals surface area contributed by atoms with Gasteiger partial charge in [-0.05, 0) is 37.6 Å². The molecule has 3 heterocycles. The van der Waals surface area contributed by atoms with Crippen molar-refractivity contribution in [1.82, 2.24) is 24.5 Å². The van der Waals surface area contributed by atoms with E-state index in [2.05, 4.69) is 27.4 Å². The fraction of sp³-hybridized carbons (Fsp3) is 0.200. The number of nitrogens with zero attached hydrogens (tertiary/aromatic N) is 5. The molecule has 3 aromatic heterocycles. The highest BCUT2D eigenvalue weighted by atomic mass is 32.1. The molecule has 0 aliphatic carbocycles. The van der Waals surface area contributed by atoms with Gasteiger partial charge >= 0.3 is 0 Å². The number of carbonyl (C=O) groups is 1. The largest absolute Gasteiger partial charge is 0.298 e. The van der Waals surface area contributed by atoms with Crippen LogP contribution in [0.5, 0.6) is 0 Å². The van der Waals surface area contributed by atoms with Crippen LogP contribution in [0.3, 0.4) is 0 Å². The van der Waals surface area contributed by atoms with E-state index < -0.39 is 0 Å². The first kappa shape index (κ1) is 18.1. The lowest BCUT2D eigenvalue weighted by molar-refractivity contribution is 0.102. The highest BCUT2D eigenvalue weighted by molar-refractivity contribution is 7.14. The lowest BCUT2D eigenvalue weighted by Crippen LogP contribution is -2.12. The first-order valence-electron chi connectivity index (χ1n) is 9.00. The van der Waals surface area contributed by atoms with E-state index in [1.165, 1.54) is 11.3 Å². The molecule has 0 saturated carbocycles. The van der Waals surface area contributed by atoms with Gasteiger partial charge in [0, 0.05) is 41.1 Å². The Balaban J connectivity index is 1.48. The maximum Gasteiger partial charge on any atom is 0.257 e. The molecule has 0 aliphatic heterocycles. The second-order valence-electron chi connectivity index (χ2n) is 6.36. The summed E-state index contributed by atoms with van der Waals surface area (Å²) < 4.78 is 3.75. The maximum atomic E-state index is 12.6. The molecule has 0 atom stereocenters. The van der Waals surface area contributed by atoms with Crippen molar-refractivity contribution in [2.75, 3.05) is 5.32 Å². The van der Waals surface area contributed by atoms with Crippen molar-refractivity contribution in [3.63, 3.8) is 0 Å². The molecule has 4 rings (SSSR count). The number of aromatic nitrogens is 5. The highest BCUT2D eigenvalue weighted by Gasteiger charge is 2.14. The van der Waals surface area contributed by atoms with Crippen molar-refractivity contribution in [2.45, 2.75) is 26.9 Å². The Morgan fingerprint density at radius 1 is 1.25 bits per heavy atom. The Hall–Kier alpha value is -3.26. The number of anilines is 1.